The molecule has 0 bridgehead atoms. The largest absolute Gasteiger partial charge is 0.0884 e. The van der Waals surface area contributed by atoms with E-state index >= 15 is 0 Å². The van der Waals surface area contributed by atoms with Crippen LogP contribution in [0.25, 0.3) is 0 Å². The molecule has 0 aliphatic heterocycles. The molecule has 0 nitrogen and oxygen atoms in total. The van der Waals surface area contributed by atoms with Crippen molar-refractivity contribution in [3.05, 3.63) is 11.6 Å². The maximum absolute atomic E-state index is 2.33. The van der Waals surface area contributed by atoms with Crippen molar-refractivity contribution in [3.63, 3.8) is 0 Å². The van der Waals surface area contributed by atoms with Crippen LogP contribution in [0.5, 0.6) is 0 Å². The highest BCUT2D eigenvalue weighted by Crippen LogP contribution is 2.38. The lowest BCUT2D eigenvalue weighted by molar-refractivity contribution is 0.426. The average Bonchev–Trinajstić information content (AvgIpc) is 2.50. The van der Waals surface area contributed by atoms with Crippen LogP contribution in [0.4, 0.5) is 0 Å². The number of allylic oxidation sites excluding steroid dienone is 2. The number of hydrogen-bond donors (Lipinski definition) is 0. The molecule has 0 radical (unpaired) electrons. The zero-order valence-electron chi connectivity index (χ0n) is 8.06. The minimum atomic E-state index is 0.921. The summed E-state index contributed by atoms with van der Waals surface area (Å²) in [4.78, 5) is 0. The van der Waals surface area contributed by atoms with Gasteiger partial charge in [0, 0.05) is 0 Å². The molecule has 0 heteroatoms. The molecule has 0 heterocycles. The average molecular weight is 152 g/mol. The fraction of sp³-hybridized carbons (Fsp3) is 0.818. The summed E-state index contributed by atoms with van der Waals surface area (Å²) in [5, 5.41) is 0. The molecule has 0 aromatic rings. The van der Waals surface area contributed by atoms with Crippen molar-refractivity contribution in [1.29, 1.82) is 0 Å². The molecule has 2 atom stereocenters. The van der Waals surface area contributed by atoms with Gasteiger partial charge in [0.05, 0.1) is 0 Å². The molecular weight excluding hydrogens is 132 g/mol. The predicted octanol–water partition coefficient (Wildman–Crippen LogP) is 3.78. The first kappa shape index (κ1) is 8.83. The van der Waals surface area contributed by atoms with Gasteiger partial charge in [-0.1, -0.05) is 31.4 Å². The fourth-order valence-corrected chi connectivity index (χ4v) is 2.34. The Morgan fingerprint density at radius 2 is 2.18 bits per heavy atom. The summed E-state index contributed by atoms with van der Waals surface area (Å²) >= 11 is 0. The lowest BCUT2D eigenvalue weighted by Crippen LogP contribution is -2.07. The summed E-state index contributed by atoms with van der Waals surface area (Å²) < 4.78 is 0. The molecule has 2 unspecified atom stereocenters. The first-order chi connectivity index (χ1) is 5.29. The standard InChI is InChI=1S/C11H20/c1-4-9(3)11-8-6-7-10(11)5-2/h4,10-11H,5-8H2,1-3H3/b9-4+. The van der Waals surface area contributed by atoms with Gasteiger partial charge in [0.15, 0.2) is 0 Å². The van der Waals surface area contributed by atoms with Crippen LogP contribution in [0.3, 0.4) is 0 Å². The fourth-order valence-electron chi connectivity index (χ4n) is 2.34. The van der Waals surface area contributed by atoms with E-state index in [2.05, 4.69) is 26.8 Å². The third-order valence-corrected chi connectivity index (χ3v) is 3.22. The van der Waals surface area contributed by atoms with Crippen LogP contribution >= 0.6 is 0 Å². The van der Waals surface area contributed by atoms with Crippen LogP contribution in [0, 0.1) is 11.8 Å². The molecular formula is C11H20. The van der Waals surface area contributed by atoms with E-state index in [1.165, 1.54) is 25.7 Å². The molecule has 1 fully saturated rings. The van der Waals surface area contributed by atoms with Gasteiger partial charge in [-0.2, -0.15) is 0 Å². The Labute approximate surface area is 70.7 Å². The lowest BCUT2D eigenvalue weighted by Gasteiger charge is -2.18. The Hall–Kier alpha value is -0.260. The van der Waals surface area contributed by atoms with Crippen molar-refractivity contribution in [2.45, 2.75) is 46.5 Å². The summed E-state index contributed by atoms with van der Waals surface area (Å²) in [7, 11) is 0. The van der Waals surface area contributed by atoms with E-state index < -0.39 is 0 Å². The Bertz CT molecular complexity index is 144. The van der Waals surface area contributed by atoms with Crippen molar-refractivity contribution in [2.75, 3.05) is 0 Å². The second kappa shape index (κ2) is 3.94. The van der Waals surface area contributed by atoms with Gasteiger partial charge in [-0.3, -0.25) is 0 Å². The zero-order chi connectivity index (χ0) is 8.27. The van der Waals surface area contributed by atoms with Gasteiger partial charge in [0.2, 0.25) is 0 Å². The van der Waals surface area contributed by atoms with E-state index in [1.807, 2.05) is 0 Å². The number of rotatable bonds is 2. The van der Waals surface area contributed by atoms with Gasteiger partial charge in [0.1, 0.15) is 0 Å². The molecule has 1 rings (SSSR count). The predicted molar refractivity (Wildman–Crippen MR) is 50.6 cm³/mol. The van der Waals surface area contributed by atoms with Gasteiger partial charge < -0.3 is 0 Å². The topological polar surface area (TPSA) is 0 Å². The van der Waals surface area contributed by atoms with Crippen LogP contribution < -0.4 is 0 Å². The number of hydrogen-bond acceptors (Lipinski definition) is 0. The highest BCUT2D eigenvalue weighted by atomic mass is 14.3. The Morgan fingerprint density at radius 1 is 1.45 bits per heavy atom. The quantitative estimate of drug-likeness (QED) is 0.528. The molecule has 1 saturated carbocycles. The van der Waals surface area contributed by atoms with Crippen molar-refractivity contribution >= 4 is 0 Å². The smallest absolute Gasteiger partial charge is 0.0178 e. The summed E-state index contributed by atoms with van der Waals surface area (Å²) in [6.07, 6.45) is 8.02. The zero-order valence-corrected chi connectivity index (χ0v) is 8.06. The van der Waals surface area contributed by atoms with Crippen molar-refractivity contribution < 1.29 is 0 Å². The third kappa shape index (κ3) is 1.85. The molecule has 11 heavy (non-hydrogen) atoms. The highest BCUT2D eigenvalue weighted by molar-refractivity contribution is 5.05. The summed E-state index contributed by atoms with van der Waals surface area (Å²) in [6, 6.07) is 0. The van der Waals surface area contributed by atoms with E-state index in [0.717, 1.165) is 11.8 Å². The minimum absolute atomic E-state index is 0.921. The molecule has 0 amide bonds. The van der Waals surface area contributed by atoms with E-state index in [4.69, 9.17) is 0 Å². The molecule has 0 N–H and O–H groups in total. The maximum Gasteiger partial charge on any atom is -0.0178 e. The third-order valence-electron chi connectivity index (χ3n) is 3.22. The molecule has 1 aliphatic carbocycles. The normalized spacial score (nSPS) is 32.8. The van der Waals surface area contributed by atoms with E-state index in [1.54, 1.807) is 5.57 Å². The van der Waals surface area contributed by atoms with Crippen LogP contribution in [0.2, 0.25) is 0 Å². The van der Waals surface area contributed by atoms with E-state index in [9.17, 15) is 0 Å². The monoisotopic (exact) mass is 152 g/mol. The van der Waals surface area contributed by atoms with Gasteiger partial charge in [-0.25, -0.2) is 0 Å². The summed E-state index contributed by atoms with van der Waals surface area (Å²) in [6.45, 7) is 6.78. The van der Waals surface area contributed by atoms with Gasteiger partial charge in [-0.15, -0.1) is 0 Å². The second-order valence-corrected chi connectivity index (χ2v) is 3.74. The Kier molecular flexibility index (Phi) is 3.16. The summed E-state index contributed by atoms with van der Waals surface area (Å²) in [5.74, 6) is 1.91. The maximum atomic E-state index is 2.33. The highest BCUT2D eigenvalue weighted by Gasteiger charge is 2.25. The van der Waals surface area contributed by atoms with Gasteiger partial charge in [-0.05, 0) is 38.5 Å². The Morgan fingerprint density at radius 3 is 2.73 bits per heavy atom. The van der Waals surface area contributed by atoms with Gasteiger partial charge >= 0.3 is 0 Å². The van der Waals surface area contributed by atoms with Crippen LogP contribution in [0.1, 0.15) is 46.5 Å². The summed E-state index contributed by atoms with van der Waals surface area (Å²) in [5.41, 5.74) is 1.62. The molecule has 64 valence electrons. The van der Waals surface area contributed by atoms with E-state index in [-0.39, 0.29) is 0 Å². The van der Waals surface area contributed by atoms with Crippen LogP contribution in [-0.4, -0.2) is 0 Å². The lowest BCUT2D eigenvalue weighted by atomic mass is 9.88. The van der Waals surface area contributed by atoms with Gasteiger partial charge in [0.25, 0.3) is 0 Å². The molecule has 0 spiro atoms. The van der Waals surface area contributed by atoms with Crippen molar-refractivity contribution in [3.8, 4) is 0 Å². The SMILES string of the molecule is C/C=C(\C)C1CCCC1CC. The molecule has 0 saturated heterocycles. The molecule has 0 aromatic heterocycles. The first-order valence-corrected chi connectivity index (χ1v) is 4.92. The van der Waals surface area contributed by atoms with Crippen molar-refractivity contribution in [1.82, 2.24) is 0 Å². The van der Waals surface area contributed by atoms with E-state index in [0.29, 0.717) is 0 Å². The Balaban J connectivity index is 2.56. The molecule has 0 aromatic carbocycles. The second-order valence-electron chi connectivity index (χ2n) is 3.74. The van der Waals surface area contributed by atoms with Crippen LogP contribution in [-0.2, 0) is 0 Å². The van der Waals surface area contributed by atoms with Crippen LogP contribution in [0.15, 0.2) is 11.6 Å². The molecule has 1 aliphatic rings. The van der Waals surface area contributed by atoms with Crippen molar-refractivity contribution in [2.24, 2.45) is 11.8 Å². The first-order valence-electron chi connectivity index (χ1n) is 4.92. The minimum Gasteiger partial charge on any atom is -0.0884 e.